The van der Waals surface area contributed by atoms with Crippen molar-refractivity contribution in [3.05, 3.63) is 18.2 Å². The summed E-state index contributed by atoms with van der Waals surface area (Å²) in [5, 5.41) is 0.271. The van der Waals surface area contributed by atoms with Gasteiger partial charge in [0.15, 0.2) is 11.7 Å². The maximum absolute atomic E-state index is 12.7. The quantitative estimate of drug-likeness (QED) is 0.883. The Hall–Kier alpha value is -1.64. The van der Waals surface area contributed by atoms with Gasteiger partial charge in [-0.25, -0.2) is 4.98 Å². The Morgan fingerprint density at radius 3 is 2.53 bits per heavy atom. The van der Waals surface area contributed by atoms with E-state index in [-0.39, 0.29) is 10.9 Å². The normalized spacial score (nSPS) is 12.9. The van der Waals surface area contributed by atoms with Crippen LogP contribution in [-0.2, 0) is 0 Å². The van der Waals surface area contributed by atoms with Gasteiger partial charge < -0.3 is 10.5 Å². The third kappa shape index (κ3) is 2.86. The third-order valence-corrected chi connectivity index (χ3v) is 3.06. The van der Waals surface area contributed by atoms with Gasteiger partial charge in [-0.1, -0.05) is 11.3 Å². The van der Waals surface area contributed by atoms with Crippen LogP contribution < -0.4 is 10.5 Å². The molecule has 9 heteroatoms. The van der Waals surface area contributed by atoms with E-state index in [1.165, 1.54) is 18.2 Å². The van der Waals surface area contributed by atoms with Crippen LogP contribution in [0.3, 0.4) is 0 Å². The minimum Gasteiger partial charge on any atom is -0.487 e. The Bertz CT molecular complexity index is 595. The molecule has 1 aromatic heterocycles. The number of anilines is 1. The maximum atomic E-state index is 12.7. The first-order chi connectivity index (χ1) is 8.69. The van der Waals surface area contributed by atoms with Crippen molar-refractivity contribution in [1.29, 1.82) is 0 Å². The number of thiazole rings is 1. The molecule has 2 aromatic rings. The second-order valence-electron chi connectivity index (χ2n) is 3.67. The maximum Gasteiger partial charge on any atom is 0.456 e. The highest BCUT2D eigenvalue weighted by atomic mass is 32.1. The Morgan fingerprint density at radius 2 is 1.89 bits per heavy atom. The summed E-state index contributed by atoms with van der Waals surface area (Å²) in [6.07, 6.45) is -5.63. The second-order valence-corrected chi connectivity index (χ2v) is 4.73. The molecular formula is C10H7F5N2OS. The first-order valence-corrected chi connectivity index (χ1v) is 5.74. The number of nitrogens with zero attached hydrogens (tertiary/aromatic N) is 1. The first-order valence-electron chi connectivity index (χ1n) is 4.92. The smallest absolute Gasteiger partial charge is 0.456 e. The average Bonchev–Trinajstić information content (AvgIpc) is 2.64. The first kappa shape index (κ1) is 13.8. The SMILES string of the molecule is Nc1nc2ccc(OCC(F)(F)C(F)(F)F)cc2s1. The minimum absolute atomic E-state index is 0.0972. The fourth-order valence-corrected chi connectivity index (χ4v) is 2.03. The number of alkyl halides is 5. The number of ether oxygens (including phenoxy) is 1. The molecule has 0 unspecified atom stereocenters. The number of fused-ring (bicyclic) bond motifs is 1. The van der Waals surface area contributed by atoms with E-state index in [1.807, 2.05) is 0 Å². The molecule has 0 atom stereocenters. The van der Waals surface area contributed by atoms with Gasteiger partial charge in [-0.15, -0.1) is 0 Å². The van der Waals surface area contributed by atoms with E-state index in [9.17, 15) is 22.0 Å². The van der Waals surface area contributed by atoms with Crippen molar-refractivity contribution in [2.75, 3.05) is 12.3 Å². The van der Waals surface area contributed by atoms with Gasteiger partial charge in [0.1, 0.15) is 5.75 Å². The number of hydrogen-bond donors (Lipinski definition) is 1. The van der Waals surface area contributed by atoms with Crippen LogP contribution in [0.1, 0.15) is 0 Å². The van der Waals surface area contributed by atoms with Gasteiger partial charge in [0.25, 0.3) is 0 Å². The molecule has 104 valence electrons. The molecule has 0 amide bonds. The molecule has 0 spiro atoms. The van der Waals surface area contributed by atoms with Gasteiger partial charge in [0.05, 0.1) is 10.2 Å². The molecule has 2 N–H and O–H groups in total. The average molecular weight is 298 g/mol. The third-order valence-electron chi connectivity index (χ3n) is 2.21. The zero-order valence-corrected chi connectivity index (χ0v) is 9.99. The lowest BCUT2D eigenvalue weighted by atomic mass is 10.3. The highest BCUT2D eigenvalue weighted by Crippen LogP contribution is 2.36. The van der Waals surface area contributed by atoms with Gasteiger partial charge in [-0.3, -0.25) is 0 Å². The fourth-order valence-electron chi connectivity index (χ4n) is 1.27. The Labute approximate surface area is 107 Å². The van der Waals surface area contributed by atoms with Crippen molar-refractivity contribution in [3.63, 3.8) is 0 Å². The van der Waals surface area contributed by atoms with Gasteiger partial charge in [0, 0.05) is 0 Å². The molecule has 19 heavy (non-hydrogen) atoms. The summed E-state index contributed by atoms with van der Waals surface area (Å²) < 4.78 is 66.2. The lowest BCUT2D eigenvalue weighted by molar-refractivity contribution is -0.290. The summed E-state index contributed by atoms with van der Waals surface area (Å²) in [5.41, 5.74) is 5.96. The molecule has 0 fully saturated rings. The summed E-state index contributed by atoms with van der Waals surface area (Å²) in [7, 11) is 0. The molecule has 0 radical (unpaired) electrons. The summed E-state index contributed by atoms with van der Waals surface area (Å²) in [6.45, 7) is -1.77. The molecule has 0 bridgehead atoms. The van der Waals surface area contributed by atoms with E-state index >= 15 is 0 Å². The summed E-state index contributed by atoms with van der Waals surface area (Å²) in [4.78, 5) is 3.91. The molecule has 3 nitrogen and oxygen atoms in total. The van der Waals surface area contributed by atoms with Gasteiger partial charge >= 0.3 is 12.1 Å². The fraction of sp³-hybridized carbons (Fsp3) is 0.300. The number of nitrogens with two attached hydrogens (primary N) is 1. The van der Waals surface area contributed by atoms with Crippen LogP contribution in [-0.4, -0.2) is 23.7 Å². The van der Waals surface area contributed by atoms with Crippen LogP contribution in [0.2, 0.25) is 0 Å². The molecule has 2 rings (SSSR count). The topological polar surface area (TPSA) is 48.1 Å². The van der Waals surface area contributed by atoms with E-state index in [2.05, 4.69) is 9.72 Å². The zero-order valence-electron chi connectivity index (χ0n) is 9.17. The monoisotopic (exact) mass is 298 g/mol. The van der Waals surface area contributed by atoms with Gasteiger partial charge in [-0.05, 0) is 18.2 Å². The van der Waals surface area contributed by atoms with Gasteiger partial charge in [-0.2, -0.15) is 22.0 Å². The summed E-state index contributed by atoms with van der Waals surface area (Å²) in [6, 6.07) is 4.01. The van der Waals surface area contributed by atoms with E-state index < -0.39 is 18.7 Å². The van der Waals surface area contributed by atoms with Crippen LogP contribution in [0.25, 0.3) is 10.2 Å². The van der Waals surface area contributed by atoms with Crippen LogP contribution in [0.4, 0.5) is 27.1 Å². The Morgan fingerprint density at radius 1 is 1.21 bits per heavy atom. The summed E-state index contributed by atoms with van der Waals surface area (Å²) >= 11 is 1.08. The number of hydrogen-bond acceptors (Lipinski definition) is 4. The molecule has 1 aromatic carbocycles. The van der Waals surface area contributed by atoms with E-state index in [0.29, 0.717) is 10.2 Å². The molecular weight excluding hydrogens is 291 g/mol. The Balaban J connectivity index is 2.14. The largest absolute Gasteiger partial charge is 0.487 e. The van der Waals surface area contributed by atoms with Crippen LogP contribution in [0.15, 0.2) is 18.2 Å². The number of nitrogen functional groups attached to an aromatic ring is 1. The number of rotatable bonds is 3. The van der Waals surface area contributed by atoms with Crippen molar-refractivity contribution in [3.8, 4) is 5.75 Å². The van der Waals surface area contributed by atoms with Crippen LogP contribution >= 0.6 is 11.3 Å². The van der Waals surface area contributed by atoms with Crippen molar-refractivity contribution < 1.29 is 26.7 Å². The molecule has 0 aliphatic rings. The number of benzene rings is 1. The highest BCUT2D eigenvalue weighted by Gasteiger charge is 2.58. The lowest BCUT2D eigenvalue weighted by Gasteiger charge is -2.19. The summed E-state index contributed by atoms with van der Waals surface area (Å²) in [5.74, 6) is -4.99. The van der Waals surface area contributed by atoms with Crippen molar-refractivity contribution >= 4 is 26.7 Å². The van der Waals surface area contributed by atoms with E-state index in [4.69, 9.17) is 5.73 Å². The number of halogens is 5. The second kappa shape index (κ2) is 4.48. The van der Waals surface area contributed by atoms with Crippen LogP contribution in [0, 0.1) is 0 Å². The number of aromatic nitrogens is 1. The van der Waals surface area contributed by atoms with Crippen molar-refractivity contribution in [2.24, 2.45) is 0 Å². The molecule has 0 saturated heterocycles. The molecule has 1 heterocycles. The minimum atomic E-state index is -5.63. The Kier molecular flexibility index (Phi) is 3.25. The molecule has 0 aliphatic carbocycles. The van der Waals surface area contributed by atoms with Crippen molar-refractivity contribution in [1.82, 2.24) is 4.98 Å². The van der Waals surface area contributed by atoms with Crippen LogP contribution in [0.5, 0.6) is 5.75 Å². The molecule has 0 aliphatic heterocycles. The lowest BCUT2D eigenvalue weighted by Crippen LogP contribution is -2.41. The standard InChI is InChI=1S/C10H7F5N2OS/c11-9(12,10(13,14)15)4-18-5-1-2-6-7(3-5)19-8(16)17-6/h1-3H,4H2,(H2,16,17). The predicted octanol–water partition coefficient (Wildman–Crippen LogP) is 3.45. The van der Waals surface area contributed by atoms with E-state index in [1.54, 1.807) is 0 Å². The zero-order chi connectivity index (χ0) is 14.3. The van der Waals surface area contributed by atoms with Gasteiger partial charge in [0.2, 0.25) is 0 Å². The predicted molar refractivity (Wildman–Crippen MR) is 60.5 cm³/mol. The highest BCUT2D eigenvalue weighted by molar-refractivity contribution is 7.22. The molecule has 0 saturated carbocycles. The van der Waals surface area contributed by atoms with Crippen molar-refractivity contribution in [2.45, 2.75) is 12.1 Å². The van der Waals surface area contributed by atoms with E-state index in [0.717, 1.165) is 11.3 Å².